The van der Waals surface area contributed by atoms with Crippen LogP contribution in [-0.2, 0) is 27.8 Å². The lowest BCUT2D eigenvalue weighted by molar-refractivity contribution is -0.136. The molecule has 0 spiro atoms. The minimum atomic E-state index is -3.65. The molecule has 150 valence electrons. The van der Waals surface area contributed by atoms with Crippen LogP contribution in [0.1, 0.15) is 11.1 Å². The average molecular weight is 443 g/mol. The Balaban J connectivity index is 1.65. The second-order valence-corrected chi connectivity index (χ2v) is 9.40. The van der Waals surface area contributed by atoms with E-state index in [2.05, 4.69) is 4.90 Å². The Labute approximate surface area is 174 Å². The Morgan fingerprint density at radius 3 is 2.32 bits per heavy atom. The standard InChI is InChI=1S/C19H20Cl2N2O4S/c20-17-5-4-15(11-18(17)21)13-22-6-8-23(9-7-22)28(26,27)16-3-1-2-14(10-16)12-19(24)25/h1-5,10-11H,6-9,12-13H2,(H,24,25). The third kappa shape index (κ3) is 5.04. The number of piperazine rings is 1. The smallest absolute Gasteiger partial charge is 0.307 e. The number of aliphatic carboxylic acids is 1. The molecule has 3 rings (SSSR count). The summed E-state index contributed by atoms with van der Waals surface area (Å²) < 4.78 is 27.2. The van der Waals surface area contributed by atoms with Gasteiger partial charge in [0.25, 0.3) is 0 Å². The van der Waals surface area contributed by atoms with Crippen molar-refractivity contribution < 1.29 is 18.3 Å². The highest BCUT2D eigenvalue weighted by Gasteiger charge is 2.28. The van der Waals surface area contributed by atoms with E-state index in [4.69, 9.17) is 28.3 Å². The van der Waals surface area contributed by atoms with Gasteiger partial charge >= 0.3 is 5.97 Å². The lowest BCUT2D eigenvalue weighted by Gasteiger charge is -2.34. The maximum absolute atomic E-state index is 12.9. The molecular weight excluding hydrogens is 423 g/mol. The number of carboxylic acids is 1. The molecule has 0 bridgehead atoms. The van der Waals surface area contributed by atoms with E-state index >= 15 is 0 Å². The van der Waals surface area contributed by atoms with Crippen LogP contribution in [0.2, 0.25) is 10.0 Å². The SMILES string of the molecule is O=C(O)Cc1cccc(S(=O)(=O)N2CCN(Cc3ccc(Cl)c(Cl)c3)CC2)c1. The van der Waals surface area contributed by atoms with E-state index in [1.807, 2.05) is 12.1 Å². The number of carboxylic acid groups (broad SMARTS) is 1. The maximum Gasteiger partial charge on any atom is 0.307 e. The fraction of sp³-hybridized carbons (Fsp3) is 0.316. The first kappa shape index (κ1) is 21.1. The molecule has 0 unspecified atom stereocenters. The van der Waals surface area contributed by atoms with Crippen molar-refractivity contribution in [1.82, 2.24) is 9.21 Å². The molecule has 9 heteroatoms. The molecular formula is C19H20Cl2N2O4S. The van der Waals surface area contributed by atoms with Crippen molar-refractivity contribution in [2.45, 2.75) is 17.9 Å². The molecule has 2 aromatic carbocycles. The second kappa shape index (κ2) is 8.80. The summed E-state index contributed by atoms with van der Waals surface area (Å²) in [7, 11) is -3.65. The molecule has 1 N–H and O–H groups in total. The predicted molar refractivity (Wildman–Crippen MR) is 108 cm³/mol. The normalized spacial score (nSPS) is 16.2. The van der Waals surface area contributed by atoms with Gasteiger partial charge in [-0.05, 0) is 35.4 Å². The number of hydrogen-bond acceptors (Lipinski definition) is 4. The van der Waals surface area contributed by atoms with Crippen LogP contribution in [0.15, 0.2) is 47.4 Å². The molecule has 2 aromatic rings. The summed E-state index contributed by atoms with van der Waals surface area (Å²) in [5, 5.41) is 9.92. The van der Waals surface area contributed by atoms with Gasteiger partial charge in [0.2, 0.25) is 10.0 Å². The van der Waals surface area contributed by atoms with Crippen molar-refractivity contribution in [1.29, 1.82) is 0 Å². The van der Waals surface area contributed by atoms with E-state index in [0.29, 0.717) is 48.3 Å². The molecule has 1 aliphatic heterocycles. The summed E-state index contributed by atoms with van der Waals surface area (Å²) in [5.74, 6) is -0.995. The van der Waals surface area contributed by atoms with Crippen molar-refractivity contribution in [3.63, 3.8) is 0 Å². The Morgan fingerprint density at radius 1 is 0.964 bits per heavy atom. The van der Waals surface area contributed by atoms with Gasteiger partial charge in [-0.15, -0.1) is 0 Å². The van der Waals surface area contributed by atoms with E-state index < -0.39 is 16.0 Å². The Bertz CT molecular complexity index is 974. The fourth-order valence-electron chi connectivity index (χ4n) is 3.16. The van der Waals surface area contributed by atoms with Crippen molar-refractivity contribution in [2.75, 3.05) is 26.2 Å². The number of rotatable bonds is 6. The molecule has 6 nitrogen and oxygen atoms in total. The van der Waals surface area contributed by atoms with E-state index in [1.165, 1.54) is 16.4 Å². The molecule has 0 aromatic heterocycles. The Morgan fingerprint density at radius 2 is 1.68 bits per heavy atom. The van der Waals surface area contributed by atoms with Gasteiger partial charge < -0.3 is 5.11 Å². The molecule has 0 saturated carbocycles. The van der Waals surface area contributed by atoms with E-state index in [1.54, 1.807) is 18.2 Å². The minimum Gasteiger partial charge on any atom is -0.481 e. The average Bonchev–Trinajstić information content (AvgIpc) is 2.65. The minimum absolute atomic E-state index is 0.129. The highest BCUT2D eigenvalue weighted by Crippen LogP contribution is 2.24. The second-order valence-electron chi connectivity index (χ2n) is 6.65. The molecule has 0 radical (unpaired) electrons. The molecule has 0 atom stereocenters. The lowest BCUT2D eigenvalue weighted by atomic mass is 10.2. The van der Waals surface area contributed by atoms with Crippen LogP contribution >= 0.6 is 23.2 Å². The maximum atomic E-state index is 12.9. The highest BCUT2D eigenvalue weighted by molar-refractivity contribution is 7.89. The first-order chi connectivity index (χ1) is 13.3. The van der Waals surface area contributed by atoms with Crippen LogP contribution in [0.5, 0.6) is 0 Å². The van der Waals surface area contributed by atoms with Crippen molar-refractivity contribution in [3.05, 3.63) is 63.6 Å². The number of benzene rings is 2. The quantitative estimate of drug-likeness (QED) is 0.743. The van der Waals surface area contributed by atoms with Crippen LogP contribution < -0.4 is 0 Å². The van der Waals surface area contributed by atoms with Gasteiger partial charge in [0.05, 0.1) is 21.4 Å². The topological polar surface area (TPSA) is 77.9 Å². The third-order valence-electron chi connectivity index (χ3n) is 4.61. The van der Waals surface area contributed by atoms with Gasteiger partial charge in [-0.2, -0.15) is 4.31 Å². The van der Waals surface area contributed by atoms with Crippen molar-refractivity contribution in [2.24, 2.45) is 0 Å². The Kier molecular flexibility index (Phi) is 6.62. The van der Waals surface area contributed by atoms with Gasteiger partial charge in [-0.25, -0.2) is 8.42 Å². The van der Waals surface area contributed by atoms with Gasteiger partial charge in [0, 0.05) is 32.7 Å². The lowest BCUT2D eigenvalue weighted by Crippen LogP contribution is -2.48. The Hall–Kier alpha value is -1.64. The van der Waals surface area contributed by atoms with Gasteiger partial charge in [0.15, 0.2) is 0 Å². The molecule has 28 heavy (non-hydrogen) atoms. The fourth-order valence-corrected chi connectivity index (χ4v) is 4.98. The largest absolute Gasteiger partial charge is 0.481 e. The van der Waals surface area contributed by atoms with Crippen LogP contribution in [-0.4, -0.2) is 54.9 Å². The first-order valence-electron chi connectivity index (χ1n) is 8.73. The summed E-state index contributed by atoms with van der Waals surface area (Å²) in [6.45, 7) is 2.58. The number of halogens is 2. The molecule has 1 saturated heterocycles. The zero-order valence-electron chi connectivity index (χ0n) is 15.0. The van der Waals surface area contributed by atoms with Crippen molar-refractivity contribution in [3.8, 4) is 0 Å². The van der Waals surface area contributed by atoms with E-state index in [9.17, 15) is 13.2 Å². The molecule has 0 aliphatic carbocycles. The van der Waals surface area contributed by atoms with Crippen LogP contribution in [0.3, 0.4) is 0 Å². The summed E-state index contributed by atoms with van der Waals surface area (Å²) in [5.41, 5.74) is 1.49. The highest BCUT2D eigenvalue weighted by atomic mass is 35.5. The number of sulfonamides is 1. The molecule has 1 heterocycles. The predicted octanol–water partition coefficient (Wildman–Crippen LogP) is 3.13. The number of nitrogens with zero attached hydrogens (tertiary/aromatic N) is 2. The van der Waals surface area contributed by atoms with Gasteiger partial charge in [-0.3, -0.25) is 9.69 Å². The summed E-state index contributed by atoms with van der Waals surface area (Å²) in [6.07, 6.45) is -0.208. The summed E-state index contributed by atoms with van der Waals surface area (Å²) in [4.78, 5) is 13.2. The van der Waals surface area contributed by atoms with Crippen molar-refractivity contribution >= 4 is 39.2 Å². The van der Waals surface area contributed by atoms with Crippen LogP contribution in [0.25, 0.3) is 0 Å². The summed E-state index contributed by atoms with van der Waals surface area (Å²) in [6, 6.07) is 11.6. The summed E-state index contributed by atoms with van der Waals surface area (Å²) >= 11 is 12.0. The van der Waals surface area contributed by atoms with Crippen LogP contribution in [0.4, 0.5) is 0 Å². The van der Waals surface area contributed by atoms with Crippen LogP contribution in [0, 0.1) is 0 Å². The first-order valence-corrected chi connectivity index (χ1v) is 10.9. The van der Waals surface area contributed by atoms with E-state index in [-0.39, 0.29) is 11.3 Å². The molecule has 0 amide bonds. The third-order valence-corrected chi connectivity index (χ3v) is 7.25. The molecule has 1 fully saturated rings. The van der Waals surface area contributed by atoms with E-state index in [0.717, 1.165) is 5.56 Å². The molecule has 1 aliphatic rings. The number of carbonyl (C=O) groups is 1. The number of hydrogen-bond donors (Lipinski definition) is 1. The zero-order chi connectivity index (χ0) is 20.3. The van der Waals surface area contributed by atoms with Gasteiger partial charge in [0.1, 0.15) is 0 Å². The van der Waals surface area contributed by atoms with Gasteiger partial charge in [-0.1, -0.05) is 41.4 Å². The zero-order valence-corrected chi connectivity index (χ0v) is 17.3. The monoisotopic (exact) mass is 442 g/mol.